The van der Waals surface area contributed by atoms with Crippen LogP contribution in [0.5, 0.6) is 0 Å². The van der Waals surface area contributed by atoms with Crippen molar-refractivity contribution in [2.75, 3.05) is 5.32 Å². The van der Waals surface area contributed by atoms with Gasteiger partial charge in [-0.1, -0.05) is 23.7 Å². The predicted molar refractivity (Wildman–Crippen MR) is 69.8 cm³/mol. The van der Waals surface area contributed by atoms with Crippen molar-refractivity contribution < 1.29 is 13.2 Å². The van der Waals surface area contributed by atoms with Gasteiger partial charge in [0.15, 0.2) is 17.5 Å². The zero-order valence-electron chi connectivity index (χ0n) is 10.1. The van der Waals surface area contributed by atoms with Crippen LogP contribution in [-0.2, 0) is 0 Å². The predicted octanol–water partition coefficient (Wildman–Crippen LogP) is 4.93. The average Bonchev–Trinajstić information content (AvgIpc) is 2.36. The molecule has 1 N–H and O–H groups in total. The van der Waals surface area contributed by atoms with Gasteiger partial charge >= 0.3 is 0 Å². The summed E-state index contributed by atoms with van der Waals surface area (Å²) in [7, 11) is 0. The lowest BCUT2D eigenvalue weighted by Crippen LogP contribution is -2.07. The van der Waals surface area contributed by atoms with Crippen molar-refractivity contribution in [3.05, 3.63) is 64.4 Å². The molecule has 0 aromatic heterocycles. The van der Waals surface area contributed by atoms with Crippen LogP contribution in [0.25, 0.3) is 0 Å². The van der Waals surface area contributed by atoms with Gasteiger partial charge in [-0.2, -0.15) is 0 Å². The summed E-state index contributed by atoms with van der Waals surface area (Å²) < 4.78 is 39.0. The molecule has 2 aromatic carbocycles. The lowest BCUT2D eigenvalue weighted by molar-refractivity contribution is 0.447. The van der Waals surface area contributed by atoms with E-state index in [4.69, 9.17) is 11.6 Å². The molecule has 0 aliphatic carbocycles. The molecule has 0 saturated carbocycles. The number of anilines is 1. The summed E-state index contributed by atoms with van der Waals surface area (Å²) in [4.78, 5) is 0. The normalized spacial score (nSPS) is 12.3. The number of hydrogen-bond acceptors (Lipinski definition) is 1. The molecule has 19 heavy (non-hydrogen) atoms. The summed E-state index contributed by atoms with van der Waals surface area (Å²) in [6.07, 6.45) is 0. The van der Waals surface area contributed by atoms with Crippen LogP contribution in [0.3, 0.4) is 0 Å². The SMILES string of the molecule is CC(Nc1cc(F)c(F)c(F)c1)c1ccc(Cl)cc1. The summed E-state index contributed by atoms with van der Waals surface area (Å²) in [5, 5.41) is 3.50. The number of benzene rings is 2. The second-order valence-electron chi connectivity index (χ2n) is 4.17. The minimum absolute atomic E-state index is 0.179. The van der Waals surface area contributed by atoms with Crippen LogP contribution in [-0.4, -0.2) is 0 Å². The Morgan fingerprint density at radius 1 is 1.00 bits per heavy atom. The zero-order chi connectivity index (χ0) is 14.0. The fourth-order valence-corrected chi connectivity index (χ4v) is 1.85. The van der Waals surface area contributed by atoms with Gasteiger partial charge in [0.05, 0.1) is 0 Å². The molecule has 0 radical (unpaired) electrons. The minimum Gasteiger partial charge on any atom is -0.378 e. The fraction of sp³-hybridized carbons (Fsp3) is 0.143. The third-order valence-electron chi connectivity index (χ3n) is 2.74. The minimum atomic E-state index is -1.47. The van der Waals surface area contributed by atoms with E-state index in [1.54, 1.807) is 24.3 Å². The van der Waals surface area contributed by atoms with Gasteiger partial charge in [0, 0.05) is 28.9 Å². The molecule has 0 amide bonds. The highest BCUT2D eigenvalue weighted by atomic mass is 35.5. The molecule has 2 aromatic rings. The molecule has 0 spiro atoms. The van der Waals surface area contributed by atoms with Crippen molar-refractivity contribution >= 4 is 17.3 Å². The van der Waals surface area contributed by atoms with Gasteiger partial charge in [-0.05, 0) is 24.6 Å². The van der Waals surface area contributed by atoms with Crippen molar-refractivity contribution in [1.82, 2.24) is 0 Å². The van der Waals surface area contributed by atoms with E-state index in [1.807, 2.05) is 6.92 Å². The van der Waals surface area contributed by atoms with Gasteiger partial charge in [0.2, 0.25) is 0 Å². The summed E-state index contributed by atoms with van der Waals surface area (Å²) >= 11 is 5.77. The Morgan fingerprint density at radius 2 is 1.53 bits per heavy atom. The van der Waals surface area contributed by atoms with E-state index in [0.717, 1.165) is 17.7 Å². The third kappa shape index (κ3) is 3.20. The van der Waals surface area contributed by atoms with E-state index >= 15 is 0 Å². The van der Waals surface area contributed by atoms with Crippen LogP contribution in [0.4, 0.5) is 18.9 Å². The fourth-order valence-electron chi connectivity index (χ4n) is 1.72. The Hall–Kier alpha value is -1.68. The van der Waals surface area contributed by atoms with E-state index in [2.05, 4.69) is 5.32 Å². The molecule has 100 valence electrons. The van der Waals surface area contributed by atoms with Crippen molar-refractivity contribution in [2.45, 2.75) is 13.0 Å². The highest BCUT2D eigenvalue weighted by molar-refractivity contribution is 6.30. The molecule has 0 aliphatic rings. The van der Waals surface area contributed by atoms with Gasteiger partial charge in [-0.15, -0.1) is 0 Å². The van der Waals surface area contributed by atoms with Gasteiger partial charge in [-0.25, -0.2) is 13.2 Å². The van der Waals surface area contributed by atoms with Crippen molar-refractivity contribution in [1.29, 1.82) is 0 Å². The van der Waals surface area contributed by atoms with Crippen LogP contribution in [0.15, 0.2) is 36.4 Å². The highest BCUT2D eigenvalue weighted by Crippen LogP contribution is 2.23. The van der Waals surface area contributed by atoms with E-state index in [-0.39, 0.29) is 11.7 Å². The average molecular weight is 286 g/mol. The van der Waals surface area contributed by atoms with Crippen LogP contribution < -0.4 is 5.32 Å². The standard InChI is InChI=1S/C14H11ClF3N/c1-8(9-2-4-10(15)5-3-9)19-11-6-12(16)14(18)13(17)7-11/h2-8,19H,1H3. The second kappa shape index (κ2) is 5.53. The maximum absolute atomic E-state index is 13.1. The first kappa shape index (κ1) is 13.7. The smallest absolute Gasteiger partial charge is 0.194 e. The van der Waals surface area contributed by atoms with Crippen LogP contribution in [0.2, 0.25) is 5.02 Å². The summed E-state index contributed by atoms with van der Waals surface area (Å²) in [5.74, 6) is -3.90. The summed E-state index contributed by atoms with van der Waals surface area (Å²) in [6, 6.07) is 8.70. The van der Waals surface area contributed by atoms with E-state index in [9.17, 15) is 13.2 Å². The zero-order valence-corrected chi connectivity index (χ0v) is 10.8. The lowest BCUT2D eigenvalue weighted by Gasteiger charge is -2.16. The van der Waals surface area contributed by atoms with E-state index in [1.165, 1.54) is 0 Å². The maximum atomic E-state index is 13.1. The lowest BCUT2D eigenvalue weighted by atomic mass is 10.1. The molecule has 0 fully saturated rings. The van der Waals surface area contributed by atoms with Crippen molar-refractivity contribution in [3.63, 3.8) is 0 Å². The Kier molecular flexibility index (Phi) is 4.00. The molecular formula is C14H11ClF3N. The first-order valence-corrected chi connectivity index (χ1v) is 6.01. The summed E-state index contributed by atoms with van der Waals surface area (Å²) in [6.45, 7) is 1.82. The first-order valence-electron chi connectivity index (χ1n) is 5.64. The van der Waals surface area contributed by atoms with E-state index < -0.39 is 17.5 Å². The topological polar surface area (TPSA) is 12.0 Å². The maximum Gasteiger partial charge on any atom is 0.194 e. The van der Waals surface area contributed by atoms with Gasteiger partial charge in [-0.3, -0.25) is 0 Å². The van der Waals surface area contributed by atoms with Crippen molar-refractivity contribution in [3.8, 4) is 0 Å². The number of hydrogen-bond donors (Lipinski definition) is 1. The molecular weight excluding hydrogens is 275 g/mol. The molecule has 0 saturated heterocycles. The molecule has 1 atom stereocenters. The molecule has 1 nitrogen and oxygen atoms in total. The highest BCUT2D eigenvalue weighted by Gasteiger charge is 2.12. The molecule has 5 heteroatoms. The molecule has 0 bridgehead atoms. The molecule has 0 aliphatic heterocycles. The van der Waals surface area contributed by atoms with Gasteiger partial charge < -0.3 is 5.32 Å². The third-order valence-corrected chi connectivity index (χ3v) is 2.99. The van der Waals surface area contributed by atoms with Gasteiger partial charge in [0.1, 0.15) is 0 Å². The van der Waals surface area contributed by atoms with Crippen LogP contribution in [0.1, 0.15) is 18.5 Å². The largest absolute Gasteiger partial charge is 0.378 e. The van der Waals surface area contributed by atoms with Crippen molar-refractivity contribution in [2.24, 2.45) is 0 Å². The molecule has 1 unspecified atom stereocenters. The molecule has 2 rings (SSSR count). The number of rotatable bonds is 3. The monoisotopic (exact) mass is 285 g/mol. The van der Waals surface area contributed by atoms with Crippen LogP contribution >= 0.6 is 11.6 Å². The van der Waals surface area contributed by atoms with Gasteiger partial charge in [0.25, 0.3) is 0 Å². The summed E-state index contributed by atoms with van der Waals surface area (Å²) in [5.41, 5.74) is 1.08. The number of nitrogens with one attached hydrogen (secondary N) is 1. The molecule has 0 heterocycles. The van der Waals surface area contributed by atoms with E-state index in [0.29, 0.717) is 5.02 Å². The Labute approximate surface area is 114 Å². The van der Waals surface area contributed by atoms with Crippen LogP contribution in [0, 0.1) is 17.5 Å². The Bertz CT molecular complexity index is 561. The number of halogens is 4. The first-order chi connectivity index (χ1) is 8.97. The Balaban J connectivity index is 2.19. The Morgan fingerprint density at radius 3 is 2.05 bits per heavy atom. The quantitative estimate of drug-likeness (QED) is 0.789. The second-order valence-corrected chi connectivity index (χ2v) is 4.61.